The van der Waals surface area contributed by atoms with E-state index in [4.69, 9.17) is 0 Å². The Morgan fingerprint density at radius 3 is 2.42 bits per heavy atom. The van der Waals surface area contributed by atoms with Crippen LogP contribution in [0.25, 0.3) is 22.0 Å². The van der Waals surface area contributed by atoms with Crippen LogP contribution in [-0.2, 0) is 6.54 Å². The summed E-state index contributed by atoms with van der Waals surface area (Å²) < 4.78 is 93.4. The highest BCUT2D eigenvalue weighted by Gasteiger charge is 2.44. The molecule has 4 rings (SSSR count). The molecule has 2 heterocycles. The number of nitrogens with one attached hydrogen (secondary N) is 1. The molecule has 1 N–H and O–H groups in total. The highest BCUT2D eigenvalue weighted by molar-refractivity contribution is 6.10. The number of fused-ring (bicyclic) bond motifs is 1. The van der Waals surface area contributed by atoms with Crippen molar-refractivity contribution in [1.29, 1.82) is 0 Å². The van der Waals surface area contributed by atoms with Gasteiger partial charge in [-0.1, -0.05) is 12.1 Å². The lowest BCUT2D eigenvalue weighted by molar-refractivity contribution is -0.253. The third-order valence-corrected chi connectivity index (χ3v) is 4.93. The highest BCUT2D eigenvalue weighted by atomic mass is 19.4. The Labute approximate surface area is 198 Å². The van der Waals surface area contributed by atoms with Gasteiger partial charge in [-0.05, 0) is 42.0 Å². The number of hydrogen-bond donors (Lipinski definition) is 1. The van der Waals surface area contributed by atoms with Gasteiger partial charge in [0.25, 0.3) is 5.91 Å². The molecular weight excluding hydrogens is 497 g/mol. The van der Waals surface area contributed by atoms with Gasteiger partial charge < -0.3 is 10.1 Å². The standard InChI is InChI=1S/C23H15F7N4O2/c24-21(25)23(29,30)36-15-6-4-13(5-7-15)20(35)33-18-3-1-2-17-16(8-9-31-19(17)18)14-10-32-34(11-14)12-22(26,27)28/h1-11,21H,12H2,(H,33,35). The second-order valence-corrected chi connectivity index (χ2v) is 7.55. The van der Waals surface area contributed by atoms with Gasteiger partial charge in [0.2, 0.25) is 0 Å². The fraction of sp³-hybridized carbons (Fsp3) is 0.174. The van der Waals surface area contributed by atoms with Crippen molar-refractivity contribution in [2.24, 2.45) is 0 Å². The van der Waals surface area contributed by atoms with E-state index in [2.05, 4.69) is 20.1 Å². The molecule has 6 nitrogen and oxygen atoms in total. The number of pyridine rings is 1. The van der Waals surface area contributed by atoms with E-state index in [9.17, 15) is 35.5 Å². The predicted octanol–water partition coefficient (Wildman–Crippen LogP) is 6.15. The molecule has 1 amide bonds. The predicted molar refractivity (Wildman–Crippen MR) is 115 cm³/mol. The fourth-order valence-electron chi connectivity index (χ4n) is 3.37. The molecule has 13 heteroatoms. The molecule has 2 aromatic heterocycles. The number of alkyl halides is 7. The summed E-state index contributed by atoms with van der Waals surface area (Å²) in [5, 5.41) is 6.89. The second-order valence-electron chi connectivity index (χ2n) is 7.55. The van der Waals surface area contributed by atoms with Crippen molar-refractivity contribution in [2.45, 2.75) is 25.3 Å². The molecule has 0 aliphatic heterocycles. The number of amides is 1. The molecule has 4 aromatic rings. The molecule has 2 aromatic carbocycles. The summed E-state index contributed by atoms with van der Waals surface area (Å²) in [4.78, 5) is 16.9. The van der Waals surface area contributed by atoms with Gasteiger partial charge in [0.05, 0.1) is 17.4 Å². The first-order chi connectivity index (χ1) is 16.9. The Morgan fingerprint density at radius 2 is 1.75 bits per heavy atom. The Morgan fingerprint density at radius 1 is 1.03 bits per heavy atom. The molecule has 0 aliphatic carbocycles. The first-order valence-corrected chi connectivity index (χ1v) is 10.2. The van der Waals surface area contributed by atoms with Gasteiger partial charge in [-0.3, -0.25) is 14.5 Å². The summed E-state index contributed by atoms with van der Waals surface area (Å²) in [7, 11) is 0. The van der Waals surface area contributed by atoms with Crippen LogP contribution in [0.5, 0.6) is 5.75 Å². The number of benzene rings is 2. The van der Waals surface area contributed by atoms with Gasteiger partial charge in [0.15, 0.2) is 0 Å². The zero-order valence-electron chi connectivity index (χ0n) is 17.9. The second kappa shape index (κ2) is 9.47. The lowest BCUT2D eigenvalue weighted by atomic mass is 10.0. The quantitative estimate of drug-likeness (QED) is 0.302. The first-order valence-electron chi connectivity index (χ1n) is 10.2. The third kappa shape index (κ3) is 5.56. The van der Waals surface area contributed by atoms with E-state index in [1.54, 1.807) is 24.3 Å². The molecule has 36 heavy (non-hydrogen) atoms. The Kier molecular flexibility index (Phi) is 6.57. The average Bonchev–Trinajstić information content (AvgIpc) is 3.25. The summed E-state index contributed by atoms with van der Waals surface area (Å²) in [6, 6.07) is 10.5. The van der Waals surface area contributed by atoms with Gasteiger partial charge in [-0.2, -0.15) is 35.8 Å². The Bertz CT molecular complexity index is 1390. The van der Waals surface area contributed by atoms with E-state index < -0.39 is 36.9 Å². The average molecular weight is 512 g/mol. The molecule has 0 spiro atoms. The van der Waals surface area contributed by atoms with E-state index in [1.807, 2.05) is 0 Å². The maximum atomic E-state index is 13.0. The number of carbonyl (C=O) groups excluding carboxylic acids is 1. The number of carbonyl (C=O) groups is 1. The van der Waals surface area contributed by atoms with Crippen molar-refractivity contribution in [1.82, 2.24) is 14.8 Å². The maximum Gasteiger partial charge on any atom is 0.461 e. The monoisotopic (exact) mass is 512 g/mol. The van der Waals surface area contributed by atoms with Crippen LogP contribution in [0.1, 0.15) is 10.4 Å². The van der Waals surface area contributed by atoms with Crippen molar-refractivity contribution in [2.75, 3.05) is 5.32 Å². The van der Waals surface area contributed by atoms with E-state index in [1.165, 1.54) is 18.6 Å². The first kappa shape index (κ1) is 24.9. The topological polar surface area (TPSA) is 69.0 Å². The highest BCUT2D eigenvalue weighted by Crippen LogP contribution is 2.32. The zero-order chi connectivity index (χ0) is 26.1. The van der Waals surface area contributed by atoms with Gasteiger partial charge in [0, 0.05) is 28.9 Å². The normalized spacial score (nSPS) is 12.2. The van der Waals surface area contributed by atoms with Crippen molar-refractivity contribution >= 4 is 22.5 Å². The van der Waals surface area contributed by atoms with Gasteiger partial charge in [-0.15, -0.1) is 0 Å². The van der Waals surface area contributed by atoms with Crippen LogP contribution < -0.4 is 10.1 Å². The number of anilines is 1. The molecule has 0 fully saturated rings. The minimum absolute atomic E-state index is 0.0179. The molecule has 0 saturated heterocycles. The third-order valence-electron chi connectivity index (χ3n) is 4.93. The van der Waals surface area contributed by atoms with E-state index in [-0.39, 0.29) is 11.3 Å². The molecule has 0 bridgehead atoms. The van der Waals surface area contributed by atoms with E-state index >= 15 is 0 Å². The summed E-state index contributed by atoms with van der Waals surface area (Å²) in [6.07, 6.45) is -9.19. The number of nitrogens with zero attached hydrogens (tertiary/aromatic N) is 3. The molecule has 0 aliphatic rings. The number of ether oxygens (including phenoxy) is 1. The van der Waals surface area contributed by atoms with Crippen LogP contribution in [0.4, 0.5) is 36.4 Å². The summed E-state index contributed by atoms with van der Waals surface area (Å²) in [5.41, 5.74) is 1.57. The summed E-state index contributed by atoms with van der Waals surface area (Å²) >= 11 is 0. The van der Waals surface area contributed by atoms with Crippen LogP contribution in [0.2, 0.25) is 0 Å². The number of rotatable bonds is 7. The van der Waals surface area contributed by atoms with Gasteiger partial charge in [0.1, 0.15) is 12.3 Å². The smallest absolute Gasteiger partial charge is 0.428 e. The number of para-hydroxylation sites is 1. The fourth-order valence-corrected chi connectivity index (χ4v) is 3.37. The minimum Gasteiger partial charge on any atom is -0.428 e. The Hall–Kier alpha value is -4.16. The number of halogens is 7. The summed E-state index contributed by atoms with van der Waals surface area (Å²) in [6.45, 7) is -1.25. The van der Waals surface area contributed by atoms with Crippen molar-refractivity contribution in [3.63, 3.8) is 0 Å². The van der Waals surface area contributed by atoms with Crippen LogP contribution in [0.15, 0.2) is 67.1 Å². The molecule has 0 saturated carbocycles. The molecule has 0 atom stereocenters. The number of hydrogen-bond acceptors (Lipinski definition) is 4. The molecular formula is C23H15F7N4O2. The zero-order valence-corrected chi connectivity index (χ0v) is 17.9. The molecule has 188 valence electrons. The van der Waals surface area contributed by atoms with Crippen molar-refractivity contribution in [3.05, 3.63) is 72.7 Å². The lowest BCUT2D eigenvalue weighted by Crippen LogP contribution is -2.33. The van der Waals surface area contributed by atoms with Crippen LogP contribution >= 0.6 is 0 Å². The van der Waals surface area contributed by atoms with E-state index in [0.29, 0.717) is 22.0 Å². The lowest BCUT2D eigenvalue weighted by Gasteiger charge is -2.16. The van der Waals surface area contributed by atoms with E-state index in [0.717, 1.165) is 28.9 Å². The van der Waals surface area contributed by atoms with Gasteiger partial charge in [-0.25, -0.2) is 0 Å². The maximum absolute atomic E-state index is 13.0. The van der Waals surface area contributed by atoms with Crippen LogP contribution in [-0.4, -0.2) is 39.4 Å². The molecule has 0 radical (unpaired) electrons. The van der Waals surface area contributed by atoms with Crippen molar-refractivity contribution < 1.29 is 40.3 Å². The van der Waals surface area contributed by atoms with Crippen LogP contribution in [0.3, 0.4) is 0 Å². The van der Waals surface area contributed by atoms with Crippen molar-refractivity contribution in [3.8, 4) is 16.9 Å². The van der Waals surface area contributed by atoms with Gasteiger partial charge >= 0.3 is 18.7 Å². The molecule has 0 unspecified atom stereocenters. The number of aromatic nitrogens is 3. The Balaban J connectivity index is 1.57. The van der Waals surface area contributed by atoms with Crippen LogP contribution in [0, 0.1) is 0 Å². The SMILES string of the molecule is O=C(Nc1cccc2c(-c3cnn(CC(F)(F)F)c3)ccnc12)c1ccc(OC(F)(F)C(F)F)cc1. The minimum atomic E-state index is -4.68. The largest absolute Gasteiger partial charge is 0.461 e. The summed E-state index contributed by atoms with van der Waals surface area (Å²) in [5.74, 6) is -1.21.